The molecule has 0 saturated heterocycles. The maximum atomic E-state index is 11.7. The molecule has 158 valence electrons. The number of nitrogens with zero attached hydrogens (tertiary/aromatic N) is 3. The van der Waals surface area contributed by atoms with Gasteiger partial charge in [0, 0.05) is 50.1 Å². The summed E-state index contributed by atoms with van der Waals surface area (Å²) in [5.74, 6) is 1.21. The molecule has 1 aromatic carbocycles. The molecule has 0 fully saturated rings. The number of benzene rings is 1. The van der Waals surface area contributed by atoms with Crippen LogP contribution in [-0.2, 0) is 16.1 Å². The Morgan fingerprint density at radius 2 is 2.14 bits per heavy atom. The van der Waals surface area contributed by atoms with Gasteiger partial charge in [-0.3, -0.25) is 4.79 Å². The number of imidazole rings is 1. The van der Waals surface area contributed by atoms with Crippen LogP contribution in [0, 0.1) is 0 Å². The van der Waals surface area contributed by atoms with Crippen LogP contribution in [0.3, 0.4) is 0 Å². The fourth-order valence-electron chi connectivity index (χ4n) is 3.91. The molecule has 6 nitrogen and oxygen atoms in total. The second kappa shape index (κ2) is 10.9. The highest BCUT2D eigenvalue weighted by Gasteiger charge is 2.29. The lowest BCUT2D eigenvalue weighted by molar-refractivity contribution is -0.143. The van der Waals surface area contributed by atoms with Crippen molar-refractivity contribution in [3.05, 3.63) is 42.5 Å². The van der Waals surface area contributed by atoms with Crippen LogP contribution in [-0.4, -0.2) is 41.8 Å². The molecule has 1 aliphatic rings. The van der Waals surface area contributed by atoms with E-state index in [1.807, 2.05) is 25.6 Å². The Balaban J connectivity index is 1.67. The Labute approximate surface area is 173 Å². The number of carbonyl (C=O) groups excluding carboxylic acids is 1. The van der Waals surface area contributed by atoms with E-state index in [1.165, 1.54) is 24.1 Å². The molecule has 1 aromatic heterocycles. The molecule has 3 rings (SSSR count). The van der Waals surface area contributed by atoms with Crippen molar-refractivity contribution in [2.24, 2.45) is 0 Å². The lowest BCUT2D eigenvalue weighted by Gasteiger charge is -2.20. The number of unbranched alkanes of at least 4 members (excludes halogenated alkanes) is 2. The molecule has 0 radical (unpaired) electrons. The van der Waals surface area contributed by atoms with Gasteiger partial charge in [-0.2, -0.15) is 0 Å². The number of hydrogen-bond acceptors (Lipinski definition) is 5. The first-order valence-corrected chi connectivity index (χ1v) is 10.8. The molecule has 29 heavy (non-hydrogen) atoms. The van der Waals surface area contributed by atoms with E-state index in [9.17, 15) is 4.79 Å². The van der Waals surface area contributed by atoms with Crippen LogP contribution in [0.2, 0.25) is 0 Å². The highest BCUT2D eigenvalue weighted by Crippen LogP contribution is 2.39. The summed E-state index contributed by atoms with van der Waals surface area (Å²) in [7, 11) is 0. The maximum Gasteiger partial charge on any atom is 0.305 e. The lowest BCUT2D eigenvalue weighted by Crippen LogP contribution is -2.25. The van der Waals surface area contributed by atoms with E-state index >= 15 is 0 Å². The van der Waals surface area contributed by atoms with E-state index in [1.54, 1.807) is 0 Å². The van der Waals surface area contributed by atoms with Crippen molar-refractivity contribution in [1.82, 2.24) is 9.55 Å². The zero-order valence-corrected chi connectivity index (χ0v) is 17.7. The van der Waals surface area contributed by atoms with Crippen LogP contribution in [0.25, 0.3) is 0 Å². The van der Waals surface area contributed by atoms with Crippen molar-refractivity contribution in [1.29, 1.82) is 0 Å². The van der Waals surface area contributed by atoms with E-state index in [0.29, 0.717) is 18.9 Å². The van der Waals surface area contributed by atoms with Gasteiger partial charge in [0.1, 0.15) is 5.75 Å². The average Bonchev–Trinajstić information content (AvgIpc) is 3.34. The number of carbonyl (C=O) groups is 1. The van der Waals surface area contributed by atoms with E-state index in [2.05, 4.69) is 39.6 Å². The van der Waals surface area contributed by atoms with E-state index in [0.717, 1.165) is 44.8 Å². The molecular formula is C23H33N3O3. The predicted molar refractivity (Wildman–Crippen MR) is 115 cm³/mol. The summed E-state index contributed by atoms with van der Waals surface area (Å²) >= 11 is 0. The Hall–Kier alpha value is -2.50. The first kappa shape index (κ1) is 21.2. The summed E-state index contributed by atoms with van der Waals surface area (Å²) in [5.41, 5.74) is 2.57. The van der Waals surface area contributed by atoms with E-state index in [-0.39, 0.29) is 5.97 Å². The SMILES string of the molecule is CCCCCOc1ccc2c(c1)C(Cn1ccnc1)CN2CCCC(=O)OCC. The largest absolute Gasteiger partial charge is 0.494 e. The molecule has 0 bridgehead atoms. The van der Waals surface area contributed by atoms with E-state index in [4.69, 9.17) is 9.47 Å². The van der Waals surface area contributed by atoms with E-state index < -0.39 is 0 Å². The zero-order chi connectivity index (χ0) is 20.5. The molecular weight excluding hydrogens is 366 g/mol. The van der Waals surface area contributed by atoms with Crippen molar-refractivity contribution >= 4 is 11.7 Å². The number of ether oxygens (including phenoxy) is 2. The van der Waals surface area contributed by atoms with Crippen LogP contribution < -0.4 is 9.64 Å². The molecule has 0 N–H and O–H groups in total. The van der Waals surface area contributed by atoms with Crippen LogP contribution in [0.5, 0.6) is 5.75 Å². The number of rotatable bonds is 12. The van der Waals surface area contributed by atoms with Gasteiger partial charge in [-0.25, -0.2) is 4.98 Å². The number of hydrogen-bond donors (Lipinski definition) is 0. The quantitative estimate of drug-likeness (QED) is 0.391. The summed E-state index contributed by atoms with van der Waals surface area (Å²) in [6.07, 6.45) is 10.4. The molecule has 2 aromatic rings. The maximum absolute atomic E-state index is 11.7. The molecule has 0 saturated carbocycles. The molecule has 0 amide bonds. The Bertz CT molecular complexity index is 761. The fourth-order valence-corrected chi connectivity index (χ4v) is 3.91. The molecule has 2 heterocycles. The Kier molecular flexibility index (Phi) is 7.96. The minimum Gasteiger partial charge on any atom is -0.494 e. The topological polar surface area (TPSA) is 56.6 Å². The summed E-state index contributed by atoms with van der Waals surface area (Å²) in [4.78, 5) is 18.2. The number of fused-ring (bicyclic) bond motifs is 1. The average molecular weight is 400 g/mol. The van der Waals surface area contributed by atoms with Crippen molar-refractivity contribution in [2.45, 2.75) is 58.4 Å². The number of anilines is 1. The zero-order valence-electron chi connectivity index (χ0n) is 17.7. The van der Waals surface area contributed by atoms with Gasteiger partial charge in [0.15, 0.2) is 0 Å². The van der Waals surface area contributed by atoms with Gasteiger partial charge < -0.3 is 18.9 Å². The first-order chi connectivity index (χ1) is 14.2. The minimum absolute atomic E-state index is 0.113. The van der Waals surface area contributed by atoms with Gasteiger partial charge in [-0.05, 0) is 43.5 Å². The van der Waals surface area contributed by atoms with Crippen molar-refractivity contribution < 1.29 is 14.3 Å². The van der Waals surface area contributed by atoms with Crippen molar-refractivity contribution in [2.75, 3.05) is 31.2 Å². The van der Waals surface area contributed by atoms with Gasteiger partial charge in [-0.15, -0.1) is 0 Å². The molecule has 0 aliphatic carbocycles. The van der Waals surface area contributed by atoms with Gasteiger partial charge in [-0.1, -0.05) is 19.8 Å². The fraction of sp³-hybridized carbons (Fsp3) is 0.565. The predicted octanol–water partition coefficient (Wildman–Crippen LogP) is 4.40. The molecule has 6 heteroatoms. The molecule has 0 spiro atoms. The summed E-state index contributed by atoms with van der Waals surface area (Å²) in [6.45, 7) is 7.94. The summed E-state index contributed by atoms with van der Waals surface area (Å²) in [5, 5.41) is 0. The van der Waals surface area contributed by atoms with Gasteiger partial charge in [0.2, 0.25) is 0 Å². The van der Waals surface area contributed by atoms with Gasteiger partial charge in [0.25, 0.3) is 0 Å². The van der Waals surface area contributed by atoms with Crippen LogP contribution in [0.15, 0.2) is 36.9 Å². The molecule has 1 atom stereocenters. The molecule has 1 unspecified atom stereocenters. The second-order valence-corrected chi connectivity index (χ2v) is 7.59. The summed E-state index contributed by atoms with van der Waals surface area (Å²) < 4.78 is 13.2. The summed E-state index contributed by atoms with van der Waals surface area (Å²) in [6, 6.07) is 6.44. The third kappa shape index (κ3) is 5.99. The smallest absolute Gasteiger partial charge is 0.305 e. The number of aromatic nitrogens is 2. The molecule has 1 aliphatic heterocycles. The van der Waals surface area contributed by atoms with Gasteiger partial charge in [0.05, 0.1) is 19.5 Å². The highest BCUT2D eigenvalue weighted by atomic mass is 16.5. The third-order valence-electron chi connectivity index (χ3n) is 5.34. The van der Waals surface area contributed by atoms with Crippen LogP contribution in [0.1, 0.15) is 57.4 Å². The minimum atomic E-state index is -0.113. The lowest BCUT2D eigenvalue weighted by atomic mass is 10.0. The Morgan fingerprint density at radius 1 is 1.24 bits per heavy atom. The van der Waals surface area contributed by atoms with Crippen LogP contribution >= 0.6 is 0 Å². The van der Waals surface area contributed by atoms with Crippen LogP contribution in [0.4, 0.5) is 5.69 Å². The Morgan fingerprint density at radius 3 is 2.90 bits per heavy atom. The third-order valence-corrected chi connectivity index (χ3v) is 5.34. The number of esters is 1. The standard InChI is InChI=1S/C23H33N3O3/c1-3-5-6-14-29-20-9-10-22-21(15-20)19(16-25-13-11-24-18-25)17-26(22)12-7-8-23(27)28-4-2/h9-11,13,15,18-19H,3-8,12,14,16-17H2,1-2H3. The van der Waals surface area contributed by atoms with Gasteiger partial charge >= 0.3 is 5.97 Å². The highest BCUT2D eigenvalue weighted by molar-refractivity contribution is 5.69. The van der Waals surface area contributed by atoms with Crippen molar-refractivity contribution in [3.8, 4) is 5.75 Å². The van der Waals surface area contributed by atoms with Crippen molar-refractivity contribution in [3.63, 3.8) is 0 Å². The second-order valence-electron chi connectivity index (χ2n) is 7.59. The first-order valence-electron chi connectivity index (χ1n) is 10.8. The normalized spacial score (nSPS) is 15.4. The monoisotopic (exact) mass is 399 g/mol.